The molecule has 1 N–H and O–H groups in total. The Morgan fingerprint density at radius 2 is 1.62 bits per heavy atom. The van der Waals surface area contributed by atoms with Gasteiger partial charge >= 0.3 is 5.97 Å². The van der Waals surface area contributed by atoms with Crippen LogP contribution >= 0.6 is 0 Å². The van der Waals surface area contributed by atoms with Crippen molar-refractivity contribution in [2.24, 2.45) is 0 Å². The molecule has 0 bridgehead atoms. The van der Waals surface area contributed by atoms with E-state index in [0.29, 0.717) is 12.2 Å². The van der Waals surface area contributed by atoms with Gasteiger partial charge < -0.3 is 9.84 Å². The van der Waals surface area contributed by atoms with Gasteiger partial charge in [0.2, 0.25) is 0 Å². The Kier molecular flexibility index (Phi) is 4.32. The smallest absolute Gasteiger partial charge is 0.335 e. The summed E-state index contributed by atoms with van der Waals surface area (Å²) >= 11 is 0. The highest BCUT2D eigenvalue weighted by Crippen LogP contribution is 2.26. The normalized spacial score (nSPS) is 10.5. The van der Waals surface area contributed by atoms with Gasteiger partial charge in [-0.05, 0) is 62.1 Å². The first-order valence-electron chi connectivity index (χ1n) is 6.92. The minimum Gasteiger partial charge on any atom is -0.488 e. The maximum atomic E-state index is 11.0. The van der Waals surface area contributed by atoms with Crippen LogP contribution in [0.2, 0.25) is 0 Å². The Morgan fingerprint density at radius 1 is 1.00 bits per heavy atom. The second-order valence-electron chi connectivity index (χ2n) is 5.46. The van der Waals surface area contributed by atoms with E-state index in [1.165, 1.54) is 11.1 Å². The monoisotopic (exact) mass is 284 g/mol. The second kappa shape index (κ2) is 6.00. The molecule has 2 rings (SSSR count). The predicted molar refractivity (Wildman–Crippen MR) is 83.1 cm³/mol. The first-order chi connectivity index (χ1) is 9.88. The van der Waals surface area contributed by atoms with Gasteiger partial charge in [-0.25, -0.2) is 4.79 Å². The minimum absolute atomic E-state index is 0.295. The number of aromatic carboxylic acids is 1. The van der Waals surface area contributed by atoms with Crippen LogP contribution in [0.1, 0.15) is 38.2 Å². The Hall–Kier alpha value is -2.29. The fraction of sp³-hybridized carbons (Fsp3) is 0.278. The minimum atomic E-state index is -0.915. The number of benzene rings is 2. The van der Waals surface area contributed by atoms with Crippen molar-refractivity contribution in [2.45, 2.75) is 34.3 Å². The number of rotatable bonds is 4. The maximum Gasteiger partial charge on any atom is 0.335 e. The molecule has 0 atom stereocenters. The van der Waals surface area contributed by atoms with Gasteiger partial charge in [0.15, 0.2) is 0 Å². The van der Waals surface area contributed by atoms with Crippen molar-refractivity contribution in [1.29, 1.82) is 0 Å². The molecule has 3 heteroatoms. The molecule has 3 nitrogen and oxygen atoms in total. The molecule has 2 aromatic rings. The van der Waals surface area contributed by atoms with E-state index in [1.54, 1.807) is 12.1 Å². The molecule has 0 heterocycles. The summed E-state index contributed by atoms with van der Waals surface area (Å²) in [5.74, 6) is -0.150. The van der Waals surface area contributed by atoms with Crippen LogP contribution < -0.4 is 4.74 Å². The van der Waals surface area contributed by atoms with E-state index in [4.69, 9.17) is 9.84 Å². The van der Waals surface area contributed by atoms with Gasteiger partial charge in [0, 0.05) is 0 Å². The third kappa shape index (κ3) is 3.43. The van der Waals surface area contributed by atoms with Crippen molar-refractivity contribution < 1.29 is 14.6 Å². The van der Waals surface area contributed by atoms with Crippen LogP contribution in [0.25, 0.3) is 0 Å². The van der Waals surface area contributed by atoms with Crippen LogP contribution in [0.5, 0.6) is 5.75 Å². The molecular weight excluding hydrogens is 264 g/mol. The number of hydrogen-bond donors (Lipinski definition) is 1. The molecule has 0 amide bonds. The lowest BCUT2D eigenvalue weighted by Gasteiger charge is -2.14. The lowest BCUT2D eigenvalue weighted by Crippen LogP contribution is -2.04. The van der Waals surface area contributed by atoms with Crippen molar-refractivity contribution in [3.05, 3.63) is 63.7 Å². The quantitative estimate of drug-likeness (QED) is 0.915. The Balaban J connectivity index is 2.24. The molecule has 0 saturated carbocycles. The highest BCUT2D eigenvalue weighted by Gasteiger charge is 2.11. The summed E-state index contributed by atoms with van der Waals surface area (Å²) in [6.07, 6.45) is 0. The van der Waals surface area contributed by atoms with E-state index >= 15 is 0 Å². The summed E-state index contributed by atoms with van der Waals surface area (Å²) in [6, 6.07) is 9.57. The van der Waals surface area contributed by atoms with Crippen LogP contribution in [0.3, 0.4) is 0 Å². The fourth-order valence-corrected chi connectivity index (χ4v) is 2.41. The molecule has 0 radical (unpaired) electrons. The summed E-state index contributed by atoms with van der Waals surface area (Å²) in [6.45, 7) is 8.35. The summed E-state index contributed by atoms with van der Waals surface area (Å²) < 4.78 is 5.93. The zero-order valence-electron chi connectivity index (χ0n) is 12.9. The average Bonchev–Trinajstić information content (AvgIpc) is 2.41. The number of hydrogen-bond acceptors (Lipinski definition) is 2. The van der Waals surface area contributed by atoms with Gasteiger partial charge in [-0.1, -0.05) is 23.8 Å². The Bertz CT molecular complexity index is 664. The fourth-order valence-electron chi connectivity index (χ4n) is 2.41. The Morgan fingerprint density at radius 3 is 2.19 bits per heavy atom. The van der Waals surface area contributed by atoms with Gasteiger partial charge in [-0.3, -0.25) is 0 Å². The molecular formula is C18H20O3. The second-order valence-corrected chi connectivity index (χ2v) is 5.46. The number of carbonyl (C=O) groups is 1. The van der Waals surface area contributed by atoms with E-state index in [-0.39, 0.29) is 0 Å². The van der Waals surface area contributed by atoms with Gasteiger partial charge in [-0.15, -0.1) is 0 Å². The average molecular weight is 284 g/mol. The molecule has 0 spiro atoms. The maximum absolute atomic E-state index is 11.0. The SMILES string of the molecule is Cc1ccc(C)c(COc2c(C)cc(C(=O)O)cc2C)c1. The number of aryl methyl sites for hydroxylation is 4. The summed E-state index contributed by atoms with van der Waals surface area (Å²) in [5.41, 5.74) is 5.53. The highest BCUT2D eigenvalue weighted by molar-refractivity contribution is 5.88. The van der Waals surface area contributed by atoms with Crippen molar-refractivity contribution in [1.82, 2.24) is 0 Å². The zero-order valence-corrected chi connectivity index (χ0v) is 12.9. The van der Waals surface area contributed by atoms with E-state index < -0.39 is 5.97 Å². The van der Waals surface area contributed by atoms with Gasteiger partial charge in [0.25, 0.3) is 0 Å². The van der Waals surface area contributed by atoms with Crippen molar-refractivity contribution >= 4 is 5.97 Å². The Labute approximate surface area is 125 Å². The highest BCUT2D eigenvalue weighted by atomic mass is 16.5. The molecule has 0 saturated heterocycles. The van der Waals surface area contributed by atoms with Gasteiger partial charge in [0.1, 0.15) is 12.4 Å². The van der Waals surface area contributed by atoms with Crippen LogP contribution in [-0.2, 0) is 6.61 Å². The molecule has 0 aliphatic heterocycles. The first kappa shape index (κ1) is 15.1. The number of carboxylic acids is 1. The number of carboxylic acid groups (broad SMARTS) is 1. The molecule has 110 valence electrons. The van der Waals surface area contributed by atoms with Crippen LogP contribution in [-0.4, -0.2) is 11.1 Å². The first-order valence-corrected chi connectivity index (χ1v) is 6.92. The molecule has 2 aromatic carbocycles. The zero-order chi connectivity index (χ0) is 15.6. The molecule has 0 aliphatic carbocycles. The molecule has 0 aromatic heterocycles. The third-order valence-electron chi connectivity index (χ3n) is 3.58. The van der Waals surface area contributed by atoms with Crippen LogP contribution in [0.4, 0.5) is 0 Å². The van der Waals surface area contributed by atoms with Crippen LogP contribution in [0, 0.1) is 27.7 Å². The predicted octanol–water partition coefficient (Wildman–Crippen LogP) is 4.20. The van der Waals surface area contributed by atoms with E-state index in [2.05, 4.69) is 32.0 Å². The summed E-state index contributed by atoms with van der Waals surface area (Å²) in [5, 5.41) is 9.06. The van der Waals surface area contributed by atoms with Crippen molar-refractivity contribution in [2.75, 3.05) is 0 Å². The van der Waals surface area contributed by atoms with E-state index in [0.717, 1.165) is 22.4 Å². The van der Waals surface area contributed by atoms with Crippen molar-refractivity contribution in [3.8, 4) is 5.75 Å². The molecule has 0 unspecified atom stereocenters. The summed E-state index contributed by atoms with van der Waals surface area (Å²) in [7, 11) is 0. The standard InChI is InChI=1S/C18H20O3/c1-11-5-6-12(2)16(7-11)10-21-17-13(3)8-15(18(19)20)9-14(17)4/h5-9H,10H2,1-4H3,(H,19,20). The lowest BCUT2D eigenvalue weighted by atomic mass is 10.0. The lowest BCUT2D eigenvalue weighted by molar-refractivity contribution is 0.0696. The van der Waals surface area contributed by atoms with Gasteiger partial charge in [-0.2, -0.15) is 0 Å². The third-order valence-corrected chi connectivity index (χ3v) is 3.58. The topological polar surface area (TPSA) is 46.5 Å². The largest absolute Gasteiger partial charge is 0.488 e. The van der Waals surface area contributed by atoms with Crippen LogP contribution in [0.15, 0.2) is 30.3 Å². The molecule has 21 heavy (non-hydrogen) atoms. The van der Waals surface area contributed by atoms with E-state index in [9.17, 15) is 4.79 Å². The number of ether oxygens (including phenoxy) is 1. The van der Waals surface area contributed by atoms with E-state index in [1.807, 2.05) is 13.8 Å². The van der Waals surface area contributed by atoms with Gasteiger partial charge in [0.05, 0.1) is 5.56 Å². The molecule has 0 fully saturated rings. The summed E-state index contributed by atoms with van der Waals surface area (Å²) in [4.78, 5) is 11.0. The molecule has 0 aliphatic rings. The van der Waals surface area contributed by atoms with Crippen molar-refractivity contribution in [3.63, 3.8) is 0 Å².